The Labute approximate surface area is 201 Å². The molecule has 9 nitrogen and oxygen atoms in total. The van der Waals surface area contributed by atoms with E-state index in [1.54, 1.807) is 31.2 Å². The van der Waals surface area contributed by atoms with Crippen LogP contribution in [0.3, 0.4) is 0 Å². The molecule has 0 aliphatic heterocycles. The number of hydrogen-bond acceptors (Lipinski definition) is 8. The van der Waals surface area contributed by atoms with Gasteiger partial charge in [-0.05, 0) is 36.2 Å². The van der Waals surface area contributed by atoms with E-state index in [9.17, 15) is 23.7 Å². The first-order valence-electron chi connectivity index (χ1n) is 9.99. The fourth-order valence-corrected chi connectivity index (χ4v) is 4.72. The van der Waals surface area contributed by atoms with E-state index in [0.717, 1.165) is 11.8 Å². The van der Waals surface area contributed by atoms with Crippen LogP contribution in [0.25, 0.3) is 11.1 Å². The fourth-order valence-electron chi connectivity index (χ4n) is 3.18. The molecule has 3 rings (SSSR count). The normalized spacial score (nSPS) is 11.8. The Balaban J connectivity index is 1.94. The van der Waals surface area contributed by atoms with E-state index in [0.29, 0.717) is 23.2 Å². The smallest absolute Gasteiger partial charge is 0.238 e. The van der Waals surface area contributed by atoms with Gasteiger partial charge in [-0.3, -0.25) is 4.79 Å². The van der Waals surface area contributed by atoms with Gasteiger partial charge in [0.1, 0.15) is 28.5 Å². The highest BCUT2D eigenvalue weighted by molar-refractivity contribution is 8.00. The van der Waals surface area contributed by atoms with Crippen molar-refractivity contribution in [3.8, 4) is 23.3 Å². The number of nitrogens with zero attached hydrogens (tertiary/aromatic N) is 3. The van der Waals surface area contributed by atoms with E-state index in [1.807, 2.05) is 12.1 Å². The number of sulfonamides is 1. The second kappa shape index (κ2) is 10.4. The minimum absolute atomic E-state index is 0.0308. The highest BCUT2D eigenvalue weighted by Gasteiger charge is 2.25. The maximum absolute atomic E-state index is 12.9. The maximum atomic E-state index is 12.9. The zero-order chi connectivity index (χ0) is 24.9. The Hall–Kier alpha value is -3.90. The number of nitrogens with one attached hydrogen (secondary N) is 1. The van der Waals surface area contributed by atoms with E-state index in [1.165, 1.54) is 24.3 Å². The molecular weight excluding hydrogens is 472 g/mol. The number of nitrogen functional groups attached to an aromatic ring is 1. The fraction of sp³-hybridized carbons (Fsp3) is 0.130. The van der Waals surface area contributed by atoms with Gasteiger partial charge in [-0.15, -0.1) is 0 Å². The van der Waals surface area contributed by atoms with Crippen molar-refractivity contribution in [1.29, 1.82) is 10.5 Å². The van der Waals surface area contributed by atoms with Crippen molar-refractivity contribution in [2.24, 2.45) is 5.14 Å². The summed E-state index contributed by atoms with van der Waals surface area (Å²) in [6, 6.07) is 18.5. The van der Waals surface area contributed by atoms with Crippen LogP contribution in [0.5, 0.6) is 0 Å². The van der Waals surface area contributed by atoms with Gasteiger partial charge in [0, 0.05) is 11.3 Å². The summed E-state index contributed by atoms with van der Waals surface area (Å²) in [7, 11) is -3.84. The molecule has 0 spiro atoms. The maximum Gasteiger partial charge on any atom is 0.238 e. The zero-order valence-electron chi connectivity index (χ0n) is 18.0. The summed E-state index contributed by atoms with van der Waals surface area (Å²) in [5.41, 5.74) is 7.69. The van der Waals surface area contributed by atoms with Crippen LogP contribution in [0.15, 0.2) is 64.5 Å². The van der Waals surface area contributed by atoms with Crippen molar-refractivity contribution in [1.82, 2.24) is 4.98 Å². The lowest BCUT2D eigenvalue weighted by molar-refractivity contribution is -0.115. The first kappa shape index (κ1) is 24.7. The molecule has 1 aromatic heterocycles. The molecule has 5 N–H and O–H groups in total. The number of amides is 1. The highest BCUT2D eigenvalue weighted by atomic mass is 32.2. The molecule has 1 heterocycles. The molecule has 0 saturated heterocycles. The summed E-state index contributed by atoms with van der Waals surface area (Å²) < 4.78 is 22.8. The van der Waals surface area contributed by atoms with Crippen molar-refractivity contribution in [3.63, 3.8) is 0 Å². The van der Waals surface area contributed by atoms with Gasteiger partial charge in [0.05, 0.1) is 15.7 Å². The number of pyridine rings is 1. The van der Waals surface area contributed by atoms with Crippen LogP contribution in [0.1, 0.15) is 24.5 Å². The van der Waals surface area contributed by atoms with E-state index in [2.05, 4.69) is 16.4 Å². The number of nitrogens with two attached hydrogens (primary N) is 2. The standard InChI is InChI=1S/C23H20N6O3S2/c1-2-19(22(30)28-15-8-10-16(11-9-15)34(27,31)32)33-23-18(13-25)20(14-6-4-3-5-7-14)17(12-24)21(26)29-23/h3-11,19H,2H2,1H3,(H2,26,29)(H,28,30)(H2,27,31,32). The van der Waals surface area contributed by atoms with E-state index in [4.69, 9.17) is 10.9 Å². The number of hydrogen-bond donors (Lipinski definition) is 3. The van der Waals surface area contributed by atoms with Crippen molar-refractivity contribution in [3.05, 3.63) is 65.7 Å². The van der Waals surface area contributed by atoms with Gasteiger partial charge in [0.25, 0.3) is 0 Å². The van der Waals surface area contributed by atoms with Crippen LogP contribution in [0.2, 0.25) is 0 Å². The molecule has 172 valence electrons. The largest absolute Gasteiger partial charge is 0.383 e. The molecule has 1 atom stereocenters. The molecule has 0 aliphatic rings. The van der Waals surface area contributed by atoms with Crippen molar-refractivity contribution < 1.29 is 13.2 Å². The number of carbonyl (C=O) groups excluding carboxylic acids is 1. The third-order valence-electron chi connectivity index (χ3n) is 4.85. The molecule has 1 unspecified atom stereocenters. The molecule has 0 bridgehead atoms. The van der Waals surface area contributed by atoms with Crippen molar-refractivity contribution >= 4 is 39.2 Å². The summed E-state index contributed by atoms with van der Waals surface area (Å²) in [6.45, 7) is 1.80. The molecule has 11 heteroatoms. The number of benzene rings is 2. The number of carbonyl (C=O) groups is 1. The van der Waals surface area contributed by atoms with Gasteiger partial charge in [-0.1, -0.05) is 49.0 Å². The Morgan fingerprint density at radius 3 is 2.24 bits per heavy atom. The molecule has 34 heavy (non-hydrogen) atoms. The third-order valence-corrected chi connectivity index (χ3v) is 7.13. The number of rotatable bonds is 7. The van der Waals surface area contributed by atoms with Crippen LogP contribution in [-0.2, 0) is 14.8 Å². The van der Waals surface area contributed by atoms with Gasteiger partial charge in [0.2, 0.25) is 15.9 Å². The van der Waals surface area contributed by atoms with Crippen LogP contribution < -0.4 is 16.2 Å². The lowest BCUT2D eigenvalue weighted by Crippen LogP contribution is -2.25. The number of thioether (sulfide) groups is 1. The third kappa shape index (κ3) is 5.35. The molecule has 0 saturated carbocycles. The van der Waals surface area contributed by atoms with E-state index < -0.39 is 15.3 Å². The monoisotopic (exact) mass is 492 g/mol. The summed E-state index contributed by atoms with van der Waals surface area (Å²) >= 11 is 1.07. The average Bonchev–Trinajstić information content (AvgIpc) is 2.82. The SMILES string of the molecule is CCC(Sc1nc(N)c(C#N)c(-c2ccccc2)c1C#N)C(=O)Nc1ccc(S(N)(=O)=O)cc1. The molecule has 0 radical (unpaired) electrons. The number of nitriles is 2. The van der Waals surface area contributed by atoms with Crippen LogP contribution in [0, 0.1) is 22.7 Å². The predicted molar refractivity (Wildman–Crippen MR) is 130 cm³/mol. The Morgan fingerprint density at radius 1 is 1.09 bits per heavy atom. The average molecular weight is 493 g/mol. The van der Waals surface area contributed by atoms with E-state index in [-0.39, 0.29) is 32.8 Å². The van der Waals surface area contributed by atoms with Gasteiger partial charge < -0.3 is 11.1 Å². The Morgan fingerprint density at radius 2 is 1.71 bits per heavy atom. The van der Waals surface area contributed by atoms with Crippen LogP contribution >= 0.6 is 11.8 Å². The first-order chi connectivity index (χ1) is 16.2. The summed E-state index contributed by atoms with van der Waals surface area (Å²) in [6.07, 6.45) is 0.402. The summed E-state index contributed by atoms with van der Waals surface area (Å²) in [5, 5.41) is 26.9. The molecule has 1 amide bonds. The van der Waals surface area contributed by atoms with Crippen molar-refractivity contribution in [2.75, 3.05) is 11.1 Å². The summed E-state index contributed by atoms with van der Waals surface area (Å²) in [5.74, 6) is -0.401. The van der Waals surface area contributed by atoms with Gasteiger partial charge in [-0.25, -0.2) is 18.5 Å². The molecule has 2 aromatic carbocycles. The predicted octanol–water partition coefficient (Wildman–Crippen LogP) is 3.23. The topological polar surface area (TPSA) is 176 Å². The number of primary sulfonamides is 1. The molecular formula is C23H20N6O3S2. The second-order valence-corrected chi connectivity index (χ2v) is 9.84. The lowest BCUT2D eigenvalue weighted by Gasteiger charge is -2.17. The first-order valence-corrected chi connectivity index (χ1v) is 12.4. The number of aromatic nitrogens is 1. The van der Waals surface area contributed by atoms with Gasteiger partial charge in [-0.2, -0.15) is 10.5 Å². The highest BCUT2D eigenvalue weighted by Crippen LogP contribution is 2.37. The minimum Gasteiger partial charge on any atom is -0.383 e. The Kier molecular flexibility index (Phi) is 7.54. The Bertz CT molecular complexity index is 1410. The zero-order valence-corrected chi connectivity index (χ0v) is 19.7. The van der Waals surface area contributed by atoms with Crippen LogP contribution in [-0.4, -0.2) is 24.6 Å². The molecule has 0 fully saturated rings. The number of anilines is 2. The summed E-state index contributed by atoms with van der Waals surface area (Å²) in [4.78, 5) is 17.1. The molecule has 0 aliphatic carbocycles. The quantitative estimate of drug-likeness (QED) is 0.421. The second-order valence-electron chi connectivity index (χ2n) is 7.09. The van der Waals surface area contributed by atoms with Gasteiger partial charge in [0.15, 0.2) is 0 Å². The molecule has 3 aromatic rings. The van der Waals surface area contributed by atoms with E-state index >= 15 is 0 Å². The van der Waals surface area contributed by atoms with Crippen molar-refractivity contribution in [2.45, 2.75) is 28.5 Å². The minimum atomic E-state index is -3.84. The van der Waals surface area contributed by atoms with Gasteiger partial charge >= 0.3 is 0 Å². The lowest BCUT2D eigenvalue weighted by atomic mass is 9.97. The van der Waals surface area contributed by atoms with Crippen LogP contribution in [0.4, 0.5) is 11.5 Å².